The molecule has 22 heavy (non-hydrogen) atoms. The van der Waals surface area contributed by atoms with Crippen LogP contribution in [0.5, 0.6) is 0 Å². The topological polar surface area (TPSA) is 82.7 Å². The summed E-state index contributed by atoms with van der Waals surface area (Å²) >= 11 is 0. The van der Waals surface area contributed by atoms with Crippen LogP contribution in [0.15, 0.2) is 18.6 Å². The highest BCUT2D eigenvalue weighted by Crippen LogP contribution is 2.38. The fourth-order valence-corrected chi connectivity index (χ4v) is 3.69. The van der Waals surface area contributed by atoms with Gasteiger partial charge in [0, 0.05) is 23.9 Å². The number of hydrogen-bond acceptors (Lipinski definition) is 4. The molecule has 1 saturated carbocycles. The Morgan fingerprint density at radius 1 is 1.32 bits per heavy atom. The summed E-state index contributed by atoms with van der Waals surface area (Å²) in [5.41, 5.74) is 3.08. The largest absolute Gasteiger partial charge is 0.346 e. The van der Waals surface area contributed by atoms with Crippen molar-refractivity contribution < 1.29 is 0 Å². The van der Waals surface area contributed by atoms with Crippen molar-refractivity contribution in [2.45, 2.75) is 44.4 Å². The smallest absolute Gasteiger partial charge is 0.141 e. The van der Waals surface area contributed by atoms with Crippen LogP contribution >= 0.6 is 0 Å². The van der Waals surface area contributed by atoms with E-state index in [0.717, 1.165) is 41.5 Å². The molecule has 3 heterocycles. The van der Waals surface area contributed by atoms with Crippen LogP contribution in [0.25, 0.3) is 16.6 Å². The number of rotatable bonds is 3. The second-order valence-corrected chi connectivity index (χ2v) is 6.17. The first-order valence-electron chi connectivity index (χ1n) is 7.90. The minimum atomic E-state index is 0.469. The third kappa shape index (κ3) is 2.13. The van der Waals surface area contributed by atoms with E-state index in [4.69, 9.17) is 5.26 Å². The van der Waals surface area contributed by atoms with Gasteiger partial charge in [0.05, 0.1) is 11.8 Å². The fraction of sp³-hybridized carbons (Fsp3) is 0.500. The summed E-state index contributed by atoms with van der Waals surface area (Å²) in [6.07, 6.45) is 10.0. The highest BCUT2D eigenvalue weighted by atomic mass is 15.4. The van der Waals surface area contributed by atoms with Crippen molar-refractivity contribution in [2.24, 2.45) is 5.92 Å². The summed E-state index contributed by atoms with van der Waals surface area (Å²) in [5, 5.41) is 18.5. The van der Waals surface area contributed by atoms with Crippen molar-refractivity contribution in [3.05, 3.63) is 24.3 Å². The Balaban J connectivity index is 1.62. The molecule has 1 fully saturated rings. The van der Waals surface area contributed by atoms with Crippen LogP contribution < -0.4 is 0 Å². The molecule has 0 aliphatic heterocycles. The lowest BCUT2D eigenvalue weighted by atomic mass is 9.78. The summed E-state index contributed by atoms with van der Waals surface area (Å²) in [7, 11) is 0. The Kier molecular flexibility index (Phi) is 3.26. The number of aromatic nitrogens is 5. The molecule has 0 amide bonds. The quantitative estimate of drug-likeness (QED) is 0.804. The molecular weight excluding hydrogens is 276 g/mol. The maximum absolute atomic E-state index is 8.72. The van der Waals surface area contributed by atoms with Crippen molar-refractivity contribution >= 4 is 16.6 Å². The molecule has 0 aromatic carbocycles. The summed E-state index contributed by atoms with van der Waals surface area (Å²) < 4.78 is 1.78. The maximum Gasteiger partial charge on any atom is 0.141 e. The monoisotopic (exact) mass is 294 g/mol. The molecule has 6 heteroatoms. The Hall–Kier alpha value is -2.42. The number of nitrogens with zero attached hydrogens (tertiary/aromatic N) is 5. The van der Waals surface area contributed by atoms with E-state index in [2.05, 4.69) is 26.3 Å². The number of hydrogen-bond donors (Lipinski definition) is 1. The molecule has 1 aliphatic carbocycles. The van der Waals surface area contributed by atoms with Crippen LogP contribution in [-0.4, -0.2) is 24.8 Å². The summed E-state index contributed by atoms with van der Waals surface area (Å²) in [4.78, 5) is 7.50. The van der Waals surface area contributed by atoms with Gasteiger partial charge < -0.3 is 4.98 Å². The van der Waals surface area contributed by atoms with Gasteiger partial charge >= 0.3 is 0 Å². The molecule has 6 nitrogen and oxygen atoms in total. The molecular formula is C16H18N6. The van der Waals surface area contributed by atoms with Crippen LogP contribution in [0.1, 0.15) is 50.1 Å². The predicted molar refractivity (Wildman–Crippen MR) is 82.2 cm³/mol. The van der Waals surface area contributed by atoms with E-state index in [-0.39, 0.29) is 0 Å². The van der Waals surface area contributed by atoms with Gasteiger partial charge in [0.25, 0.3) is 0 Å². The van der Waals surface area contributed by atoms with Crippen molar-refractivity contribution in [1.82, 2.24) is 24.8 Å². The molecule has 1 N–H and O–H groups in total. The second-order valence-electron chi connectivity index (χ2n) is 6.17. The number of nitriles is 1. The van der Waals surface area contributed by atoms with Gasteiger partial charge in [-0.3, -0.25) is 0 Å². The molecule has 0 saturated heterocycles. The van der Waals surface area contributed by atoms with Gasteiger partial charge in [0.1, 0.15) is 17.5 Å². The predicted octanol–water partition coefficient (Wildman–Crippen LogP) is 3.18. The van der Waals surface area contributed by atoms with E-state index >= 15 is 0 Å². The fourth-order valence-electron chi connectivity index (χ4n) is 3.69. The van der Waals surface area contributed by atoms with Crippen LogP contribution in [0.4, 0.5) is 0 Å². The van der Waals surface area contributed by atoms with E-state index < -0.39 is 0 Å². The average molecular weight is 294 g/mol. The second kappa shape index (κ2) is 5.41. The van der Waals surface area contributed by atoms with Gasteiger partial charge in [-0.1, -0.05) is 5.21 Å². The van der Waals surface area contributed by atoms with Crippen molar-refractivity contribution in [2.75, 3.05) is 0 Å². The van der Waals surface area contributed by atoms with Crippen LogP contribution in [0.3, 0.4) is 0 Å². The van der Waals surface area contributed by atoms with Gasteiger partial charge in [0.2, 0.25) is 0 Å². The van der Waals surface area contributed by atoms with E-state index in [1.165, 1.54) is 12.8 Å². The Labute approximate surface area is 128 Å². The normalized spacial score (nSPS) is 22.1. The molecule has 0 atom stereocenters. The molecule has 1 aliphatic rings. The van der Waals surface area contributed by atoms with Crippen molar-refractivity contribution in [1.29, 1.82) is 5.26 Å². The molecule has 0 spiro atoms. The number of H-pyrrole nitrogens is 1. The highest BCUT2D eigenvalue weighted by molar-refractivity contribution is 5.92. The molecule has 3 aromatic rings. The standard InChI is InChI=1S/C16H18N6/c17-8-1-2-11-3-5-12(6-4-11)14-15-13-7-9-18-16(13)19-10-22(15)21-20-14/h7,9-12,18H,1-6H2. The number of nitrogens with one attached hydrogen (secondary N) is 1. The van der Waals surface area contributed by atoms with Crippen LogP contribution in [-0.2, 0) is 0 Å². The Morgan fingerprint density at radius 2 is 2.18 bits per heavy atom. The summed E-state index contributed by atoms with van der Waals surface area (Å²) in [6.45, 7) is 0. The molecule has 3 aromatic heterocycles. The zero-order valence-electron chi connectivity index (χ0n) is 12.4. The molecule has 0 bridgehead atoms. The van der Waals surface area contributed by atoms with E-state index in [0.29, 0.717) is 18.3 Å². The molecule has 4 rings (SSSR count). The summed E-state index contributed by atoms with van der Waals surface area (Å²) in [5.74, 6) is 1.17. The number of fused-ring (bicyclic) bond motifs is 3. The van der Waals surface area contributed by atoms with E-state index in [1.54, 1.807) is 10.8 Å². The Morgan fingerprint density at radius 3 is 3.00 bits per heavy atom. The van der Waals surface area contributed by atoms with E-state index in [9.17, 15) is 0 Å². The van der Waals surface area contributed by atoms with Gasteiger partial charge in [-0.05, 0) is 44.1 Å². The maximum atomic E-state index is 8.72. The van der Waals surface area contributed by atoms with Gasteiger partial charge in [-0.2, -0.15) is 5.26 Å². The minimum absolute atomic E-state index is 0.469. The summed E-state index contributed by atoms with van der Waals surface area (Å²) in [6, 6.07) is 4.30. The first kappa shape index (κ1) is 13.3. The first-order chi connectivity index (χ1) is 10.9. The lowest BCUT2D eigenvalue weighted by molar-refractivity contribution is 0.310. The SMILES string of the molecule is N#CCCC1CCC(c2nnn3cnc4[nH]ccc4c23)CC1. The third-order valence-corrected chi connectivity index (χ3v) is 4.89. The van der Waals surface area contributed by atoms with Gasteiger partial charge in [0.15, 0.2) is 0 Å². The molecule has 0 radical (unpaired) electrons. The van der Waals surface area contributed by atoms with Gasteiger partial charge in [-0.15, -0.1) is 5.10 Å². The molecule has 112 valence electrons. The third-order valence-electron chi connectivity index (χ3n) is 4.89. The zero-order valence-corrected chi connectivity index (χ0v) is 12.4. The van der Waals surface area contributed by atoms with Crippen molar-refractivity contribution in [3.63, 3.8) is 0 Å². The minimum Gasteiger partial charge on any atom is -0.346 e. The van der Waals surface area contributed by atoms with Crippen LogP contribution in [0.2, 0.25) is 0 Å². The zero-order chi connectivity index (χ0) is 14.9. The molecule has 0 unspecified atom stereocenters. The highest BCUT2D eigenvalue weighted by Gasteiger charge is 2.26. The van der Waals surface area contributed by atoms with E-state index in [1.807, 2.05) is 12.3 Å². The van der Waals surface area contributed by atoms with Crippen molar-refractivity contribution in [3.8, 4) is 6.07 Å². The lowest BCUT2D eigenvalue weighted by Gasteiger charge is -2.26. The lowest BCUT2D eigenvalue weighted by Crippen LogP contribution is -2.14. The van der Waals surface area contributed by atoms with Crippen LogP contribution in [0, 0.1) is 17.2 Å². The van der Waals surface area contributed by atoms with Gasteiger partial charge in [-0.25, -0.2) is 9.50 Å². The number of aromatic amines is 1. The first-order valence-corrected chi connectivity index (χ1v) is 7.90. The Bertz CT molecular complexity index is 831. The average Bonchev–Trinajstić information content (AvgIpc) is 3.19.